The number of nitrogens with one attached hydrogen (secondary N) is 1. The van der Waals surface area contributed by atoms with Crippen LogP contribution in [0.4, 0.5) is 6.01 Å². The van der Waals surface area contributed by atoms with Crippen LogP contribution in [0.2, 0.25) is 0 Å². The Balaban J connectivity index is 1.55. The van der Waals surface area contributed by atoms with E-state index in [2.05, 4.69) is 26.7 Å². The van der Waals surface area contributed by atoms with E-state index in [0.717, 1.165) is 37.3 Å². The van der Waals surface area contributed by atoms with Gasteiger partial charge in [-0.15, -0.1) is 6.58 Å². The van der Waals surface area contributed by atoms with Crippen LogP contribution in [0.25, 0.3) is 11.1 Å². The van der Waals surface area contributed by atoms with Crippen molar-refractivity contribution in [2.45, 2.75) is 0 Å². The summed E-state index contributed by atoms with van der Waals surface area (Å²) in [5.74, 6) is 0.0372. The van der Waals surface area contributed by atoms with Gasteiger partial charge in [0.2, 0.25) is 5.91 Å². The summed E-state index contributed by atoms with van der Waals surface area (Å²) >= 11 is 0. The fourth-order valence-corrected chi connectivity index (χ4v) is 2.54. The van der Waals surface area contributed by atoms with Crippen LogP contribution in [0.1, 0.15) is 0 Å². The molecular formula is C16H20N4O2. The number of benzene rings is 1. The number of amides is 1. The largest absolute Gasteiger partial charge is 0.423 e. The molecule has 6 nitrogen and oxygen atoms in total. The van der Waals surface area contributed by atoms with E-state index in [0.29, 0.717) is 19.1 Å². The Kier molecular flexibility index (Phi) is 4.39. The molecule has 1 amide bonds. The lowest BCUT2D eigenvalue weighted by atomic mass is 10.3. The lowest BCUT2D eigenvalue weighted by Crippen LogP contribution is -2.49. The first kappa shape index (κ1) is 14.6. The van der Waals surface area contributed by atoms with E-state index >= 15 is 0 Å². The van der Waals surface area contributed by atoms with E-state index < -0.39 is 0 Å². The molecule has 22 heavy (non-hydrogen) atoms. The van der Waals surface area contributed by atoms with Crippen LogP contribution in [-0.4, -0.2) is 55.1 Å². The Labute approximate surface area is 129 Å². The molecule has 1 saturated heterocycles. The van der Waals surface area contributed by atoms with E-state index in [4.69, 9.17) is 4.42 Å². The van der Waals surface area contributed by atoms with Crippen LogP contribution < -0.4 is 10.2 Å². The summed E-state index contributed by atoms with van der Waals surface area (Å²) in [6, 6.07) is 8.43. The molecule has 1 N–H and O–H groups in total. The van der Waals surface area contributed by atoms with Gasteiger partial charge >= 0.3 is 0 Å². The second-order valence-corrected chi connectivity index (χ2v) is 5.32. The molecule has 0 aliphatic carbocycles. The van der Waals surface area contributed by atoms with Crippen molar-refractivity contribution in [1.82, 2.24) is 15.2 Å². The molecule has 0 unspecified atom stereocenters. The van der Waals surface area contributed by atoms with Gasteiger partial charge in [0, 0.05) is 32.7 Å². The number of fused-ring (bicyclic) bond motifs is 1. The minimum absolute atomic E-state index is 0.0372. The molecule has 0 spiro atoms. The van der Waals surface area contributed by atoms with Gasteiger partial charge in [-0.05, 0) is 12.1 Å². The van der Waals surface area contributed by atoms with Crippen molar-refractivity contribution in [3.63, 3.8) is 0 Å². The highest BCUT2D eigenvalue weighted by molar-refractivity contribution is 5.78. The zero-order valence-electron chi connectivity index (χ0n) is 12.5. The maximum Gasteiger partial charge on any atom is 0.298 e. The first-order valence-corrected chi connectivity index (χ1v) is 7.47. The number of rotatable bonds is 5. The SMILES string of the molecule is C=CCNC(=O)CN1CCN(c2nc3ccccc3o2)CC1. The van der Waals surface area contributed by atoms with Gasteiger partial charge in [-0.25, -0.2) is 0 Å². The topological polar surface area (TPSA) is 61.6 Å². The molecule has 0 atom stereocenters. The van der Waals surface area contributed by atoms with Gasteiger partial charge in [-0.1, -0.05) is 18.2 Å². The number of anilines is 1. The number of oxazole rings is 1. The molecule has 0 bridgehead atoms. The van der Waals surface area contributed by atoms with Crippen LogP contribution >= 0.6 is 0 Å². The van der Waals surface area contributed by atoms with E-state index in [1.54, 1.807) is 6.08 Å². The molecule has 1 aliphatic rings. The van der Waals surface area contributed by atoms with Crippen LogP contribution in [0.5, 0.6) is 0 Å². The second-order valence-electron chi connectivity index (χ2n) is 5.32. The van der Waals surface area contributed by atoms with Gasteiger partial charge in [-0.2, -0.15) is 4.98 Å². The minimum atomic E-state index is 0.0372. The summed E-state index contributed by atoms with van der Waals surface area (Å²) in [4.78, 5) is 20.5. The van der Waals surface area contributed by atoms with Gasteiger partial charge in [0.05, 0.1) is 6.54 Å². The van der Waals surface area contributed by atoms with Crippen LogP contribution in [0.3, 0.4) is 0 Å². The number of hydrogen-bond acceptors (Lipinski definition) is 5. The van der Waals surface area contributed by atoms with E-state index in [-0.39, 0.29) is 5.91 Å². The second kappa shape index (κ2) is 6.62. The van der Waals surface area contributed by atoms with Crippen LogP contribution in [-0.2, 0) is 4.79 Å². The average molecular weight is 300 g/mol. The average Bonchev–Trinajstić information content (AvgIpc) is 2.97. The van der Waals surface area contributed by atoms with Crippen molar-refractivity contribution in [3.05, 3.63) is 36.9 Å². The number of nitrogens with zero attached hydrogens (tertiary/aromatic N) is 3. The number of hydrogen-bond donors (Lipinski definition) is 1. The molecule has 0 radical (unpaired) electrons. The minimum Gasteiger partial charge on any atom is -0.423 e. The first-order valence-electron chi connectivity index (χ1n) is 7.47. The molecule has 3 rings (SSSR count). The smallest absolute Gasteiger partial charge is 0.298 e. The van der Waals surface area contributed by atoms with E-state index in [1.165, 1.54) is 0 Å². The van der Waals surface area contributed by atoms with Gasteiger partial charge < -0.3 is 14.6 Å². The highest BCUT2D eigenvalue weighted by Crippen LogP contribution is 2.22. The molecule has 6 heteroatoms. The molecular weight excluding hydrogens is 280 g/mol. The molecule has 0 saturated carbocycles. The molecule has 116 valence electrons. The summed E-state index contributed by atoms with van der Waals surface area (Å²) in [5.41, 5.74) is 1.69. The third-order valence-corrected chi connectivity index (χ3v) is 3.74. The predicted molar refractivity (Wildman–Crippen MR) is 85.9 cm³/mol. The maximum atomic E-state index is 11.7. The maximum absolute atomic E-state index is 11.7. The summed E-state index contributed by atoms with van der Waals surface area (Å²) in [7, 11) is 0. The normalized spacial score (nSPS) is 15.9. The molecule has 1 fully saturated rings. The monoisotopic (exact) mass is 300 g/mol. The van der Waals surface area contributed by atoms with Crippen molar-refractivity contribution in [3.8, 4) is 0 Å². The summed E-state index contributed by atoms with van der Waals surface area (Å²) < 4.78 is 5.78. The predicted octanol–water partition coefficient (Wildman–Crippen LogP) is 1.25. The third kappa shape index (κ3) is 3.28. The number of piperazine rings is 1. The van der Waals surface area contributed by atoms with Crippen molar-refractivity contribution in [1.29, 1.82) is 0 Å². The van der Waals surface area contributed by atoms with Gasteiger partial charge in [0.25, 0.3) is 6.01 Å². The van der Waals surface area contributed by atoms with Crippen LogP contribution in [0, 0.1) is 0 Å². The molecule has 1 aliphatic heterocycles. The summed E-state index contributed by atoms with van der Waals surface area (Å²) in [6.07, 6.45) is 1.68. The Morgan fingerprint density at radius 2 is 2.09 bits per heavy atom. The van der Waals surface area contributed by atoms with E-state index in [1.807, 2.05) is 24.3 Å². The van der Waals surface area contributed by atoms with Gasteiger partial charge in [-0.3, -0.25) is 9.69 Å². The zero-order valence-corrected chi connectivity index (χ0v) is 12.5. The lowest BCUT2D eigenvalue weighted by Gasteiger charge is -2.33. The first-order chi connectivity index (χ1) is 10.8. The number of para-hydroxylation sites is 2. The highest BCUT2D eigenvalue weighted by Gasteiger charge is 2.22. The van der Waals surface area contributed by atoms with Crippen molar-refractivity contribution in [2.75, 3.05) is 44.2 Å². The molecule has 2 heterocycles. The highest BCUT2D eigenvalue weighted by atomic mass is 16.4. The standard InChI is InChI=1S/C16H20N4O2/c1-2-7-17-15(21)12-19-8-10-20(11-9-19)16-18-13-5-3-4-6-14(13)22-16/h2-6H,1,7-12H2,(H,17,21). The lowest BCUT2D eigenvalue weighted by molar-refractivity contribution is -0.122. The number of carbonyl (C=O) groups excluding carboxylic acids is 1. The Morgan fingerprint density at radius 1 is 1.32 bits per heavy atom. The molecule has 1 aromatic carbocycles. The van der Waals surface area contributed by atoms with E-state index in [9.17, 15) is 4.79 Å². The van der Waals surface area contributed by atoms with Gasteiger partial charge in [0.15, 0.2) is 5.58 Å². The fourth-order valence-electron chi connectivity index (χ4n) is 2.54. The van der Waals surface area contributed by atoms with Crippen molar-refractivity contribution in [2.24, 2.45) is 0 Å². The molecule has 1 aromatic heterocycles. The number of carbonyl (C=O) groups is 1. The molecule has 2 aromatic rings. The zero-order chi connectivity index (χ0) is 15.4. The van der Waals surface area contributed by atoms with Gasteiger partial charge in [0.1, 0.15) is 5.52 Å². The third-order valence-electron chi connectivity index (χ3n) is 3.74. The summed E-state index contributed by atoms with van der Waals surface area (Å²) in [6.45, 7) is 7.78. The van der Waals surface area contributed by atoms with Crippen LogP contribution in [0.15, 0.2) is 41.3 Å². The Bertz CT molecular complexity index is 626. The Hall–Kier alpha value is -2.34. The van der Waals surface area contributed by atoms with Crippen molar-refractivity contribution < 1.29 is 9.21 Å². The van der Waals surface area contributed by atoms with Crippen molar-refractivity contribution >= 4 is 23.0 Å². The number of aromatic nitrogens is 1. The quantitative estimate of drug-likeness (QED) is 0.842. The Morgan fingerprint density at radius 3 is 2.82 bits per heavy atom. The summed E-state index contributed by atoms with van der Waals surface area (Å²) in [5, 5.41) is 2.80. The fraction of sp³-hybridized carbons (Fsp3) is 0.375.